The van der Waals surface area contributed by atoms with Crippen LogP contribution < -0.4 is 5.11 Å². The first-order valence-corrected chi connectivity index (χ1v) is 2.48. The zero-order valence-corrected chi connectivity index (χ0v) is 7.43. The maximum Gasteiger partial charge on any atom is 2.00 e. The molecule has 0 spiro atoms. The average Bonchev–Trinajstić information content (AvgIpc) is 1.84. The summed E-state index contributed by atoms with van der Waals surface area (Å²) in [4.78, 5) is 9.27. The number of carbonyl (C=O) groups excluding carboxylic acids is 1. The molecule has 14 heavy (non-hydrogen) atoms. The number of hydrogen-bond donors (Lipinski definition) is 0. The van der Waals surface area contributed by atoms with E-state index in [-0.39, 0.29) is 19.5 Å². The summed E-state index contributed by atoms with van der Waals surface area (Å²) in [7, 11) is 0. The van der Waals surface area contributed by atoms with Crippen molar-refractivity contribution in [2.75, 3.05) is 0 Å². The minimum atomic E-state index is -6.64. The monoisotopic (exact) mass is 316 g/mol. The first-order valence-electron chi connectivity index (χ1n) is 2.48. The van der Waals surface area contributed by atoms with Gasteiger partial charge in [0.05, 0.1) is 0 Å². The molecule has 0 saturated carbocycles. The van der Waals surface area contributed by atoms with Crippen LogP contribution in [0.15, 0.2) is 0 Å². The molecule has 85 valence electrons. The molecule has 10 heteroatoms. The number of carboxylic acid groups (broad SMARTS) is 1. The molecule has 0 atom stereocenters. The Morgan fingerprint density at radius 2 is 1.21 bits per heavy atom. The number of hydrogen-bond acceptors (Lipinski definition) is 2. The Hall–Kier alpha value is -0.397. The molecular formula is C4F7O2Rh+. The molecule has 0 fully saturated rings. The van der Waals surface area contributed by atoms with Gasteiger partial charge in [0.2, 0.25) is 0 Å². The van der Waals surface area contributed by atoms with E-state index < -0.39 is 24.0 Å². The van der Waals surface area contributed by atoms with Gasteiger partial charge in [0.25, 0.3) is 0 Å². The topological polar surface area (TPSA) is 40.1 Å². The fourth-order valence-corrected chi connectivity index (χ4v) is 0.306. The number of alkyl halides is 7. The molecule has 0 aromatic heterocycles. The molecule has 0 N–H and O–H groups in total. The first kappa shape index (κ1) is 16.0. The van der Waals surface area contributed by atoms with E-state index in [9.17, 15) is 40.6 Å². The number of rotatable bonds is 2. The van der Waals surface area contributed by atoms with E-state index in [4.69, 9.17) is 0 Å². The van der Waals surface area contributed by atoms with Crippen LogP contribution in [-0.4, -0.2) is 24.0 Å². The van der Waals surface area contributed by atoms with E-state index in [1.165, 1.54) is 0 Å². The molecular weight excluding hydrogens is 316 g/mol. The Bertz CT molecular complexity index is 222. The van der Waals surface area contributed by atoms with Crippen molar-refractivity contribution in [3.05, 3.63) is 0 Å². The smallest absolute Gasteiger partial charge is 0.544 e. The maximum absolute atomic E-state index is 11.7. The van der Waals surface area contributed by atoms with Crippen molar-refractivity contribution in [1.29, 1.82) is 0 Å². The summed E-state index contributed by atoms with van der Waals surface area (Å²) in [6.45, 7) is 0. The Morgan fingerprint density at radius 1 is 0.929 bits per heavy atom. The largest absolute Gasteiger partial charge is 2.00 e. The van der Waals surface area contributed by atoms with Gasteiger partial charge in [0.1, 0.15) is 5.97 Å². The second-order valence-corrected chi connectivity index (χ2v) is 1.93. The minimum Gasteiger partial charge on any atom is -0.544 e. The minimum absolute atomic E-state index is 0. The van der Waals surface area contributed by atoms with Gasteiger partial charge in [-0.1, -0.05) is 0 Å². The van der Waals surface area contributed by atoms with Crippen LogP contribution in [0.3, 0.4) is 0 Å². The van der Waals surface area contributed by atoms with Crippen LogP contribution in [0.4, 0.5) is 30.7 Å². The van der Waals surface area contributed by atoms with Gasteiger partial charge >= 0.3 is 37.5 Å². The van der Waals surface area contributed by atoms with Gasteiger partial charge in [-0.15, -0.1) is 0 Å². The van der Waals surface area contributed by atoms with Gasteiger partial charge in [0.15, 0.2) is 0 Å². The normalized spacial score (nSPS) is 13.4. The van der Waals surface area contributed by atoms with Crippen molar-refractivity contribution in [3.63, 3.8) is 0 Å². The van der Waals surface area contributed by atoms with Crippen molar-refractivity contribution in [1.82, 2.24) is 0 Å². The van der Waals surface area contributed by atoms with Crippen LogP contribution in [0.2, 0.25) is 0 Å². The predicted octanol–water partition coefficient (Wildman–Crippen LogP) is 0.567. The van der Waals surface area contributed by atoms with Crippen LogP contribution in [0.1, 0.15) is 0 Å². The van der Waals surface area contributed by atoms with E-state index in [2.05, 4.69) is 0 Å². The number of halogens is 7. The quantitative estimate of drug-likeness (QED) is 0.552. The molecule has 0 bridgehead atoms. The third-order valence-electron chi connectivity index (χ3n) is 1.01. The summed E-state index contributed by atoms with van der Waals surface area (Å²) in [5, 5.41) is 9.27. The van der Waals surface area contributed by atoms with Crippen LogP contribution in [0, 0.1) is 0 Å². The fourth-order valence-electron chi connectivity index (χ4n) is 0.306. The molecule has 0 saturated heterocycles. The average molecular weight is 316 g/mol. The third kappa shape index (κ3) is 2.34. The van der Waals surface area contributed by atoms with Crippen LogP contribution in [0.5, 0.6) is 0 Å². The Morgan fingerprint density at radius 3 is 1.29 bits per heavy atom. The number of aliphatic carboxylic acids is 1. The molecule has 0 aliphatic carbocycles. The van der Waals surface area contributed by atoms with Gasteiger partial charge in [-0.25, -0.2) is 0 Å². The Balaban J connectivity index is 0. The fraction of sp³-hybridized carbons (Fsp3) is 0.750. The van der Waals surface area contributed by atoms with Crippen molar-refractivity contribution in [3.8, 4) is 0 Å². The molecule has 0 amide bonds. The second-order valence-electron chi connectivity index (χ2n) is 1.93. The molecule has 0 aromatic carbocycles. The van der Waals surface area contributed by atoms with Crippen LogP contribution in [-0.2, 0) is 24.3 Å². The van der Waals surface area contributed by atoms with E-state index in [0.717, 1.165) is 0 Å². The van der Waals surface area contributed by atoms with E-state index in [1.54, 1.807) is 0 Å². The summed E-state index contributed by atoms with van der Waals surface area (Å²) in [6.07, 6.45) is -6.64. The van der Waals surface area contributed by atoms with Crippen molar-refractivity contribution < 1.29 is 60.1 Å². The standard InChI is InChI=1S/C4HF7O2.Rh/c5-2(6,1(12)13)3(7,8)4(9,10)11;/h(H,12,13);/q;+2/p-1. The summed E-state index contributed by atoms with van der Waals surface area (Å²) in [5.41, 5.74) is 0. The van der Waals surface area contributed by atoms with Crippen LogP contribution in [0.25, 0.3) is 0 Å². The number of carbonyl (C=O) groups is 1. The van der Waals surface area contributed by atoms with Gasteiger partial charge in [0, 0.05) is 0 Å². The third-order valence-corrected chi connectivity index (χ3v) is 1.01. The Labute approximate surface area is 84.8 Å². The van der Waals surface area contributed by atoms with Crippen molar-refractivity contribution in [2.45, 2.75) is 18.0 Å². The molecule has 0 rings (SSSR count). The van der Waals surface area contributed by atoms with Crippen LogP contribution >= 0.6 is 0 Å². The molecule has 0 aromatic rings. The summed E-state index contributed by atoms with van der Waals surface area (Å²) < 4.78 is 80.2. The molecule has 0 aliphatic heterocycles. The van der Waals surface area contributed by atoms with E-state index in [0.29, 0.717) is 0 Å². The predicted molar refractivity (Wildman–Crippen MR) is 21.0 cm³/mol. The zero-order chi connectivity index (χ0) is 11.1. The van der Waals surface area contributed by atoms with Crippen molar-refractivity contribution in [2.24, 2.45) is 0 Å². The second kappa shape index (κ2) is 4.00. The number of carboxylic acids is 1. The summed E-state index contributed by atoms with van der Waals surface area (Å²) in [5.74, 6) is -16.7. The SMILES string of the molecule is O=C([O-])C(F)(F)C(F)(F)C(F)(F)F.[Rh+2]. The van der Waals surface area contributed by atoms with Gasteiger partial charge in [-0.05, 0) is 0 Å². The molecule has 0 heterocycles. The maximum atomic E-state index is 11.7. The van der Waals surface area contributed by atoms with E-state index in [1.807, 2.05) is 0 Å². The van der Waals surface area contributed by atoms with Gasteiger partial charge < -0.3 is 9.90 Å². The Kier molecular flexibility index (Phi) is 4.58. The zero-order valence-electron chi connectivity index (χ0n) is 5.80. The van der Waals surface area contributed by atoms with Gasteiger partial charge in [-0.2, -0.15) is 30.7 Å². The first-order chi connectivity index (χ1) is 5.44. The van der Waals surface area contributed by atoms with E-state index >= 15 is 0 Å². The molecule has 1 radical (unpaired) electrons. The molecule has 0 aliphatic rings. The van der Waals surface area contributed by atoms with Gasteiger partial charge in [-0.3, -0.25) is 0 Å². The molecule has 0 unspecified atom stereocenters. The molecule has 2 nitrogen and oxygen atoms in total. The summed E-state index contributed by atoms with van der Waals surface area (Å²) >= 11 is 0. The van der Waals surface area contributed by atoms with Crippen molar-refractivity contribution >= 4 is 5.97 Å². The summed E-state index contributed by atoms with van der Waals surface area (Å²) in [6, 6.07) is 0.